The van der Waals surface area contributed by atoms with Gasteiger partial charge < -0.3 is 0 Å². The van der Waals surface area contributed by atoms with Gasteiger partial charge in [0.25, 0.3) is 0 Å². The van der Waals surface area contributed by atoms with Gasteiger partial charge in [-0.1, -0.05) is 20.3 Å². The van der Waals surface area contributed by atoms with Crippen molar-refractivity contribution in [3.63, 3.8) is 0 Å². The van der Waals surface area contributed by atoms with E-state index in [4.69, 9.17) is 0 Å². The van der Waals surface area contributed by atoms with Crippen LogP contribution in [-0.4, -0.2) is 20.7 Å². The Morgan fingerprint density at radius 2 is 2.09 bits per heavy atom. The molecule has 0 fully saturated rings. The maximum atomic E-state index is 11.0. The molecule has 0 aromatic rings. The average molecular weight is 178 g/mol. The van der Waals surface area contributed by atoms with E-state index in [1.807, 2.05) is 6.92 Å². The van der Waals surface area contributed by atoms with E-state index in [9.17, 15) is 8.42 Å². The summed E-state index contributed by atoms with van der Waals surface area (Å²) < 4.78 is 24.5. The van der Waals surface area contributed by atoms with Crippen LogP contribution >= 0.6 is 0 Å². The number of nitrogens with one attached hydrogen (secondary N) is 1. The second-order valence-corrected chi connectivity index (χ2v) is 4.35. The van der Waals surface area contributed by atoms with Gasteiger partial charge in [0.1, 0.15) is 0 Å². The molecule has 0 aromatic carbocycles. The summed E-state index contributed by atoms with van der Waals surface area (Å²) >= 11 is 0. The van der Waals surface area contributed by atoms with Crippen molar-refractivity contribution < 1.29 is 8.42 Å². The number of hydrogen-bond acceptors (Lipinski definition) is 2. The van der Waals surface area contributed by atoms with Gasteiger partial charge in [-0.15, -0.1) is 0 Å². The molecule has 67 valence electrons. The van der Waals surface area contributed by atoms with Gasteiger partial charge in [-0.05, 0) is 12.8 Å². The van der Waals surface area contributed by atoms with Crippen molar-refractivity contribution in [3.05, 3.63) is 6.92 Å². The van der Waals surface area contributed by atoms with E-state index in [2.05, 4.69) is 11.6 Å². The third-order valence-corrected chi connectivity index (χ3v) is 2.71. The number of sulfonamides is 1. The summed E-state index contributed by atoms with van der Waals surface area (Å²) in [6.07, 6.45) is 2.15. The molecule has 1 radical (unpaired) electrons. The monoisotopic (exact) mass is 178 g/mol. The van der Waals surface area contributed by atoms with Crippen molar-refractivity contribution in [1.82, 2.24) is 4.72 Å². The SMILES string of the molecule is [CH2]CCCS(=O)(=O)NCCC. The zero-order valence-corrected chi connectivity index (χ0v) is 7.78. The molecule has 0 rings (SSSR count). The lowest BCUT2D eigenvalue weighted by atomic mass is 10.4. The molecule has 4 heteroatoms. The van der Waals surface area contributed by atoms with Crippen LogP contribution in [0.15, 0.2) is 0 Å². The third kappa shape index (κ3) is 6.31. The Morgan fingerprint density at radius 3 is 2.55 bits per heavy atom. The van der Waals surface area contributed by atoms with Crippen LogP contribution in [0.4, 0.5) is 0 Å². The molecule has 0 aliphatic carbocycles. The lowest BCUT2D eigenvalue weighted by molar-refractivity contribution is 0.578. The second-order valence-electron chi connectivity index (χ2n) is 2.42. The van der Waals surface area contributed by atoms with Gasteiger partial charge >= 0.3 is 0 Å². The highest BCUT2D eigenvalue weighted by Gasteiger charge is 2.06. The van der Waals surface area contributed by atoms with Crippen LogP contribution in [-0.2, 0) is 10.0 Å². The number of hydrogen-bond donors (Lipinski definition) is 1. The predicted octanol–water partition coefficient (Wildman–Crippen LogP) is 0.930. The molecule has 0 aliphatic heterocycles. The molecule has 0 saturated heterocycles. The molecule has 0 heterocycles. The lowest BCUT2D eigenvalue weighted by Crippen LogP contribution is -2.26. The Bertz CT molecular complexity index is 161. The molecular weight excluding hydrogens is 162 g/mol. The van der Waals surface area contributed by atoms with E-state index in [-0.39, 0.29) is 5.75 Å². The van der Waals surface area contributed by atoms with Crippen LogP contribution < -0.4 is 4.72 Å². The first-order valence-corrected chi connectivity index (χ1v) is 5.54. The van der Waals surface area contributed by atoms with Gasteiger partial charge in [-0.25, -0.2) is 13.1 Å². The standard InChI is InChI=1S/C7H16NO2S/c1-3-5-7-11(9,10)8-6-4-2/h8H,1,3-7H2,2H3. The molecule has 1 N–H and O–H groups in total. The Labute approximate surface area is 69.2 Å². The summed E-state index contributed by atoms with van der Waals surface area (Å²) in [6.45, 7) is 6.05. The van der Waals surface area contributed by atoms with Crippen LogP contribution in [0.5, 0.6) is 0 Å². The Kier molecular flexibility index (Phi) is 5.50. The maximum absolute atomic E-state index is 11.0. The van der Waals surface area contributed by atoms with E-state index >= 15 is 0 Å². The molecule has 0 aromatic heterocycles. The van der Waals surface area contributed by atoms with E-state index < -0.39 is 10.0 Å². The van der Waals surface area contributed by atoms with Gasteiger partial charge in [0.05, 0.1) is 5.75 Å². The fourth-order valence-corrected chi connectivity index (χ4v) is 1.87. The number of rotatable bonds is 6. The molecule has 0 bridgehead atoms. The van der Waals surface area contributed by atoms with Crippen molar-refractivity contribution in [3.8, 4) is 0 Å². The Hall–Kier alpha value is -0.0900. The molecular formula is C7H16NO2S. The molecule has 3 nitrogen and oxygen atoms in total. The van der Waals surface area contributed by atoms with Gasteiger partial charge in [0.2, 0.25) is 10.0 Å². The van der Waals surface area contributed by atoms with E-state index in [1.165, 1.54) is 0 Å². The molecule has 0 amide bonds. The minimum atomic E-state index is -3.00. The topological polar surface area (TPSA) is 46.2 Å². The highest BCUT2D eigenvalue weighted by Crippen LogP contribution is 1.92. The highest BCUT2D eigenvalue weighted by atomic mass is 32.2. The van der Waals surface area contributed by atoms with E-state index in [0.717, 1.165) is 6.42 Å². The fraction of sp³-hybridized carbons (Fsp3) is 0.857. The van der Waals surface area contributed by atoms with Gasteiger partial charge in [0, 0.05) is 6.54 Å². The highest BCUT2D eigenvalue weighted by molar-refractivity contribution is 7.89. The van der Waals surface area contributed by atoms with Gasteiger partial charge in [0.15, 0.2) is 0 Å². The van der Waals surface area contributed by atoms with Crippen LogP contribution in [0.2, 0.25) is 0 Å². The van der Waals surface area contributed by atoms with Crippen LogP contribution in [0, 0.1) is 6.92 Å². The van der Waals surface area contributed by atoms with Crippen molar-refractivity contribution in [2.24, 2.45) is 0 Å². The van der Waals surface area contributed by atoms with Crippen LogP contribution in [0.25, 0.3) is 0 Å². The van der Waals surface area contributed by atoms with E-state index in [1.54, 1.807) is 0 Å². The summed E-state index contributed by atoms with van der Waals surface area (Å²) in [7, 11) is -3.00. The summed E-state index contributed by atoms with van der Waals surface area (Å²) in [4.78, 5) is 0. The molecule has 0 aliphatic rings. The second kappa shape index (κ2) is 5.55. The zero-order chi connectivity index (χ0) is 8.74. The maximum Gasteiger partial charge on any atom is 0.211 e. The summed E-state index contributed by atoms with van der Waals surface area (Å²) in [5.41, 5.74) is 0. The molecule has 0 atom stereocenters. The fourth-order valence-electron chi connectivity index (χ4n) is 0.622. The Morgan fingerprint density at radius 1 is 1.45 bits per heavy atom. The van der Waals surface area contributed by atoms with Crippen molar-refractivity contribution in [2.75, 3.05) is 12.3 Å². The predicted molar refractivity (Wildman–Crippen MR) is 46.7 cm³/mol. The molecule has 0 spiro atoms. The van der Waals surface area contributed by atoms with Gasteiger partial charge in [-0.2, -0.15) is 0 Å². The first kappa shape index (κ1) is 10.9. The molecule has 0 saturated carbocycles. The largest absolute Gasteiger partial charge is 0.215 e. The molecule has 0 unspecified atom stereocenters. The van der Waals surface area contributed by atoms with Crippen LogP contribution in [0.3, 0.4) is 0 Å². The van der Waals surface area contributed by atoms with Crippen molar-refractivity contribution in [1.29, 1.82) is 0 Å². The minimum absolute atomic E-state index is 0.205. The van der Waals surface area contributed by atoms with Crippen LogP contribution in [0.1, 0.15) is 26.2 Å². The average Bonchev–Trinajstić information content (AvgIpc) is 1.97. The lowest BCUT2D eigenvalue weighted by Gasteiger charge is -2.02. The first-order valence-electron chi connectivity index (χ1n) is 3.89. The normalized spacial score (nSPS) is 11.8. The molecule has 11 heavy (non-hydrogen) atoms. The minimum Gasteiger partial charge on any atom is -0.215 e. The smallest absolute Gasteiger partial charge is 0.211 e. The van der Waals surface area contributed by atoms with E-state index in [0.29, 0.717) is 19.4 Å². The Balaban J connectivity index is 3.63. The van der Waals surface area contributed by atoms with Crippen molar-refractivity contribution >= 4 is 10.0 Å². The quantitative estimate of drug-likeness (QED) is 0.657. The summed E-state index contributed by atoms with van der Waals surface area (Å²) in [5.74, 6) is 0.205. The summed E-state index contributed by atoms with van der Waals surface area (Å²) in [5, 5.41) is 0. The van der Waals surface area contributed by atoms with Gasteiger partial charge in [-0.3, -0.25) is 0 Å². The third-order valence-electron chi connectivity index (χ3n) is 1.24. The number of unbranched alkanes of at least 4 members (excludes halogenated alkanes) is 1. The van der Waals surface area contributed by atoms with Crippen molar-refractivity contribution in [2.45, 2.75) is 26.2 Å². The first-order chi connectivity index (χ1) is 5.12. The summed E-state index contributed by atoms with van der Waals surface area (Å²) in [6, 6.07) is 0. The zero-order valence-electron chi connectivity index (χ0n) is 6.97.